The third kappa shape index (κ3) is 2.65. The fraction of sp³-hybridized carbons (Fsp3) is 0.385. The molecule has 0 bridgehead atoms. The van der Waals surface area contributed by atoms with Gasteiger partial charge in [0.05, 0.1) is 5.69 Å². The van der Waals surface area contributed by atoms with E-state index in [0.29, 0.717) is 25.1 Å². The molecule has 7 heteroatoms. The zero-order valence-corrected chi connectivity index (χ0v) is 12.4. The number of halogens is 1. The van der Waals surface area contributed by atoms with Crippen molar-refractivity contribution in [2.75, 3.05) is 17.8 Å². The molecule has 1 unspecified atom stereocenters. The van der Waals surface area contributed by atoms with Gasteiger partial charge >= 0.3 is 10.2 Å². The number of alkyl halides is 1. The van der Waals surface area contributed by atoms with E-state index >= 15 is 0 Å². The highest BCUT2D eigenvalue weighted by Crippen LogP contribution is 2.31. The molecule has 0 amide bonds. The molecule has 1 saturated heterocycles. The summed E-state index contributed by atoms with van der Waals surface area (Å²) in [5, 5.41) is 2.65. The van der Waals surface area contributed by atoms with Crippen molar-refractivity contribution >= 4 is 37.3 Å². The average molecular weight is 314 g/mol. The Morgan fingerprint density at radius 1 is 1.35 bits per heavy atom. The van der Waals surface area contributed by atoms with Crippen molar-refractivity contribution in [2.24, 2.45) is 0 Å². The molecule has 0 saturated carbocycles. The lowest BCUT2D eigenvalue weighted by molar-refractivity contribution is 0.203. The molecule has 1 aromatic carbocycles. The Kier molecular flexibility index (Phi) is 3.66. The first kappa shape index (κ1) is 13.8. The van der Waals surface area contributed by atoms with E-state index in [4.69, 9.17) is 0 Å². The normalized spacial score (nSPS) is 21.1. The Hall–Kier alpha value is -1.18. The summed E-state index contributed by atoms with van der Waals surface area (Å²) in [5.74, 6) is 0. The molecule has 2 heterocycles. The van der Waals surface area contributed by atoms with Crippen LogP contribution in [0.5, 0.6) is 0 Å². The van der Waals surface area contributed by atoms with Gasteiger partial charge in [-0.25, -0.2) is 4.39 Å². The fourth-order valence-electron chi connectivity index (χ4n) is 2.37. The minimum atomic E-state index is -3.68. The van der Waals surface area contributed by atoms with Gasteiger partial charge in [-0.3, -0.25) is 4.72 Å². The smallest absolute Gasteiger partial charge is 0.269 e. The van der Waals surface area contributed by atoms with Gasteiger partial charge in [0.1, 0.15) is 6.17 Å². The molecule has 2 aromatic rings. The SMILES string of the molecule is O=S(=O)(Nc1csc2ccccc12)N1CCCC(F)C1. The van der Waals surface area contributed by atoms with Crippen molar-refractivity contribution in [2.45, 2.75) is 19.0 Å². The second-order valence-corrected chi connectivity index (χ2v) is 7.43. The largest absolute Gasteiger partial charge is 0.301 e. The topological polar surface area (TPSA) is 49.4 Å². The van der Waals surface area contributed by atoms with Gasteiger partial charge in [-0.1, -0.05) is 18.2 Å². The predicted molar refractivity (Wildman–Crippen MR) is 80.1 cm³/mol. The van der Waals surface area contributed by atoms with Gasteiger partial charge in [-0.05, 0) is 18.9 Å². The molecule has 1 atom stereocenters. The number of anilines is 1. The van der Waals surface area contributed by atoms with E-state index in [1.54, 1.807) is 5.38 Å². The quantitative estimate of drug-likeness (QED) is 0.947. The Bertz CT molecular complexity index is 714. The van der Waals surface area contributed by atoms with E-state index in [1.807, 2.05) is 24.3 Å². The third-order valence-electron chi connectivity index (χ3n) is 3.39. The van der Waals surface area contributed by atoms with E-state index < -0.39 is 16.4 Å². The molecule has 4 nitrogen and oxygen atoms in total. The molecule has 0 aliphatic carbocycles. The highest BCUT2D eigenvalue weighted by Gasteiger charge is 2.29. The number of piperidine rings is 1. The van der Waals surface area contributed by atoms with Crippen LogP contribution >= 0.6 is 11.3 Å². The summed E-state index contributed by atoms with van der Waals surface area (Å²) in [4.78, 5) is 0. The maximum absolute atomic E-state index is 13.4. The van der Waals surface area contributed by atoms with Crippen molar-refractivity contribution in [3.05, 3.63) is 29.6 Å². The summed E-state index contributed by atoms with van der Waals surface area (Å²) in [6.45, 7) is 0.315. The third-order valence-corrected chi connectivity index (χ3v) is 5.84. The van der Waals surface area contributed by atoms with E-state index in [2.05, 4.69) is 4.72 Å². The van der Waals surface area contributed by atoms with Gasteiger partial charge < -0.3 is 0 Å². The van der Waals surface area contributed by atoms with Crippen LogP contribution in [0, 0.1) is 0 Å². The van der Waals surface area contributed by atoms with E-state index in [9.17, 15) is 12.8 Å². The zero-order valence-electron chi connectivity index (χ0n) is 10.8. The van der Waals surface area contributed by atoms with Crippen LogP contribution in [0.1, 0.15) is 12.8 Å². The minimum absolute atomic E-state index is 0.0581. The van der Waals surface area contributed by atoms with Crippen LogP contribution in [-0.2, 0) is 10.2 Å². The van der Waals surface area contributed by atoms with E-state index in [-0.39, 0.29) is 6.54 Å². The molecule has 1 aliphatic rings. The Morgan fingerprint density at radius 3 is 2.95 bits per heavy atom. The fourth-order valence-corrected chi connectivity index (χ4v) is 4.64. The van der Waals surface area contributed by atoms with E-state index in [1.165, 1.54) is 15.6 Å². The minimum Gasteiger partial charge on any atom is -0.269 e. The lowest BCUT2D eigenvalue weighted by Gasteiger charge is -2.28. The summed E-state index contributed by atoms with van der Waals surface area (Å²) >= 11 is 1.48. The summed E-state index contributed by atoms with van der Waals surface area (Å²) in [6.07, 6.45) is -0.0700. The number of nitrogens with one attached hydrogen (secondary N) is 1. The van der Waals surface area contributed by atoms with Crippen LogP contribution in [0.25, 0.3) is 10.1 Å². The van der Waals surface area contributed by atoms with Gasteiger partial charge in [0.2, 0.25) is 0 Å². The zero-order chi connectivity index (χ0) is 14.2. The van der Waals surface area contributed by atoms with Crippen LogP contribution < -0.4 is 4.72 Å². The first-order valence-electron chi connectivity index (χ1n) is 6.44. The predicted octanol–water partition coefficient (Wildman–Crippen LogP) is 2.99. The summed E-state index contributed by atoms with van der Waals surface area (Å²) in [7, 11) is -3.68. The Labute approximate surface area is 121 Å². The van der Waals surface area contributed by atoms with Crippen LogP contribution in [0.4, 0.5) is 10.1 Å². The number of hydrogen-bond acceptors (Lipinski definition) is 3. The molecular formula is C13H15FN2O2S2. The van der Waals surface area contributed by atoms with Crippen molar-refractivity contribution in [3.63, 3.8) is 0 Å². The van der Waals surface area contributed by atoms with Crippen LogP contribution in [0.2, 0.25) is 0 Å². The summed E-state index contributed by atoms with van der Waals surface area (Å²) < 4.78 is 42.7. The monoisotopic (exact) mass is 314 g/mol. The lowest BCUT2D eigenvalue weighted by atomic mass is 10.1. The van der Waals surface area contributed by atoms with Crippen molar-refractivity contribution < 1.29 is 12.8 Å². The molecule has 1 aromatic heterocycles. The standard InChI is InChI=1S/C13H15FN2O2S2/c14-10-4-3-7-16(8-10)20(17,18)15-12-9-19-13-6-2-1-5-11(12)13/h1-2,5-6,9-10,15H,3-4,7-8H2. The van der Waals surface area contributed by atoms with E-state index in [0.717, 1.165) is 10.1 Å². The number of hydrogen-bond donors (Lipinski definition) is 1. The second-order valence-electron chi connectivity index (χ2n) is 4.85. The molecule has 3 rings (SSSR count). The summed E-state index contributed by atoms with van der Waals surface area (Å²) in [5.41, 5.74) is 0.562. The van der Waals surface area contributed by atoms with Crippen molar-refractivity contribution in [3.8, 4) is 0 Å². The average Bonchev–Trinajstić information content (AvgIpc) is 2.82. The highest BCUT2D eigenvalue weighted by molar-refractivity contribution is 7.90. The van der Waals surface area contributed by atoms with Gasteiger partial charge in [0.15, 0.2) is 0 Å². The molecule has 0 radical (unpaired) electrons. The Balaban J connectivity index is 1.86. The van der Waals surface area contributed by atoms with Crippen molar-refractivity contribution in [1.29, 1.82) is 0 Å². The molecule has 1 N–H and O–H groups in total. The van der Waals surface area contributed by atoms with Gasteiger partial charge in [-0.15, -0.1) is 11.3 Å². The molecule has 108 valence electrons. The summed E-state index contributed by atoms with van der Waals surface area (Å²) in [6, 6.07) is 7.59. The lowest BCUT2D eigenvalue weighted by Crippen LogP contribution is -2.43. The van der Waals surface area contributed by atoms with Gasteiger partial charge in [-0.2, -0.15) is 12.7 Å². The first-order valence-corrected chi connectivity index (χ1v) is 8.76. The number of thiophene rings is 1. The highest BCUT2D eigenvalue weighted by atomic mass is 32.2. The first-order chi connectivity index (χ1) is 9.56. The van der Waals surface area contributed by atoms with Crippen LogP contribution in [-0.4, -0.2) is 32.0 Å². The maximum Gasteiger partial charge on any atom is 0.301 e. The van der Waals surface area contributed by atoms with Gasteiger partial charge in [0, 0.05) is 28.6 Å². The molecule has 1 aliphatic heterocycles. The number of fused-ring (bicyclic) bond motifs is 1. The number of benzene rings is 1. The van der Waals surface area contributed by atoms with Crippen LogP contribution in [0.15, 0.2) is 29.6 Å². The number of rotatable bonds is 3. The molecular weight excluding hydrogens is 299 g/mol. The molecule has 20 heavy (non-hydrogen) atoms. The maximum atomic E-state index is 13.4. The second kappa shape index (κ2) is 5.31. The van der Waals surface area contributed by atoms with Crippen LogP contribution in [0.3, 0.4) is 0 Å². The molecule has 0 spiro atoms. The molecule has 1 fully saturated rings. The Morgan fingerprint density at radius 2 is 2.15 bits per heavy atom. The van der Waals surface area contributed by atoms with Crippen molar-refractivity contribution in [1.82, 2.24) is 4.31 Å². The number of nitrogens with zero attached hydrogens (tertiary/aromatic N) is 1. The van der Waals surface area contributed by atoms with Gasteiger partial charge in [0.25, 0.3) is 0 Å².